The van der Waals surface area contributed by atoms with Gasteiger partial charge in [0.2, 0.25) is 0 Å². The van der Waals surface area contributed by atoms with E-state index in [0.717, 1.165) is 45.0 Å². The molecule has 0 bridgehead atoms. The van der Waals surface area contributed by atoms with E-state index in [-0.39, 0.29) is 12.1 Å². The fourth-order valence-corrected chi connectivity index (χ4v) is 2.28. The molecule has 2 heterocycles. The van der Waals surface area contributed by atoms with Crippen molar-refractivity contribution in [2.45, 2.75) is 25.8 Å². The minimum atomic E-state index is 0.0734. The van der Waals surface area contributed by atoms with Crippen LogP contribution < -0.4 is 10.6 Å². The van der Waals surface area contributed by atoms with Crippen LogP contribution in [0.5, 0.6) is 0 Å². The average molecular weight is 241 g/mol. The number of ether oxygens (including phenoxy) is 1. The first-order valence-electron chi connectivity index (χ1n) is 6.59. The quantitative estimate of drug-likeness (QED) is 0.736. The lowest BCUT2D eigenvalue weighted by Gasteiger charge is -2.31. The Morgan fingerprint density at radius 1 is 1.47 bits per heavy atom. The summed E-state index contributed by atoms with van der Waals surface area (Å²) >= 11 is 0. The molecule has 0 spiro atoms. The number of hydrogen-bond acceptors (Lipinski definition) is 3. The van der Waals surface area contributed by atoms with Gasteiger partial charge in [0.15, 0.2) is 0 Å². The van der Waals surface area contributed by atoms with Gasteiger partial charge in [-0.1, -0.05) is 6.92 Å². The molecule has 0 radical (unpaired) electrons. The minimum Gasteiger partial charge on any atom is -0.378 e. The maximum absolute atomic E-state index is 11.9. The van der Waals surface area contributed by atoms with Crippen molar-refractivity contribution in [2.75, 3.05) is 39.4 Å². The highest BCUT2D eigenvalue weighted by Gasteiger charge is 2.21. The van der Waals surface area contributed by atoms with Gasteiger partial charge in [-0.2, -0.15) is 0 Å². The van der Waals surface area contributed by atoms with Crippen LogP contribution >= 0.6 is 0 Å². The summed E-state index contributed by atoms with van der Waals surface area (Å²) in [4.78, 5) is 13.8. The van der Waals surface area contributed by atoms with Gasteiger partial charge in [0.1, 0.15) is 0 Å². The lowest BCUT2D eigenvalue weighted by molar-refractivity contribution is 0.0765. The molecule has 2 aliphatic heterocycles. The van der Waals surface area contributed by atoms with E-state index >= 15 is 0 Å². The van der Waals surface area contributed by atoms with E-state index in [4.69, 9.17) is 4.74 Å². The standard InChI is InChI=1S/C12H23N3O2/c1-10-2-5-15(6-3-10)12(16)14-8-11-9-17-7-4-13-11/h10-11,13H,2-9H2,1H3,(H,14,16). The van der Waals surface area contributed by atoms with Crippen molar-refractivity contribution in [3.8, 4) is 0 Å². The molecule has 0 aromatic carbocycles. The van der Waals surface area contributed by atoms with Gasteiger partial charge >= 0.3 is 6.03 Å². The van der Waals surface area contributed by atoms with Crippen LogP contribution in [0.1, 0.15) is 19.8 Å². The number of nitrogens with one attached hydrogen (secondary N) is 2. The fraction of sp³-hybridized carbons (Fsp3) is 0.917. The fourth-order valence-electron chi connectivity index (χ4n) is 2.28. The van der Waals surface area contributed by atoms with Crippen molar-refractivity contribution in [1.82, 2.24) is 15.5 Å². The largest absolute Gasteiger partial charge is 0.378 e. The molecule has 98 valence electrons. The highest BCUT2D eigenvalue weighted by Crippen LogP contribution is 2.15. The maximum Gasteiger partial charge on any atom is 0.317 e. The van der Waals surface area contributed by atoms with E-state index in [1.807, 2.05) is 4.90 Å². The zero-order chi connectivity index (χ0) is 12.1. The predicted molar refractivity (Wildman–Crippen MR) is 66.0 cm³/mol. The molecular formula is C12H23N3O2. The summed E-state index contributed by atoms with van der Waals surface area (Å²) in [6.07, 6.45) is 2.25. The lowest BCUT2D eigenvalue weighted by Crippen LogP contribution is -2.51. The number of likely N-dealkylation sites (tertiary alicyclic amines) is 1. The van der Waals surface area contributed by atoms with Crippen LogP contribution in [-0.2, 0) is 4.74 Å². The number of piperidine rings is 1. The zero-order valence-electron chi connectivity index (χ0n) is 10.6. The number of carbonyl (C=O) groups excluding carboxylic acids is 1. The Balaban J connectivity index is 1.66. The van der Waals surface area contributed by atoms with Crippen molar-refractivity contribution in [3.05, 3.63) is 0 Å². The molecule has 2 amide bonds. The third-order valence-corrected chi connectivity index (χ3v) is 3.57. The van der Waals surface area contributed by atoms with Gasteiger partial charge in [0, 0.05) is 32.2 Å². The number of morpholine rings is 1. The van der Waals surface area contributed by atoms with Crippen LogP contribution in [0.2, 0.25) is 0 Å². The van der Waals surface area contributed by atoms with E-state index in [0.29, 0.717) is 13.2 Å². The summed E-state index contributed by atoms with van der Waals surface area (Å²) < 4.78 is 5.35. The summed E-state index contributed by atoms with van der Waals surface area (Å²) in [5, 5.41) is 6.31. The topological polar surface area (TPSA) is 53.6 Å². The molecule has 0 aromatic heterocycles. The Kier molecular flexibility index (Phi) is 4.62. The molecule has 0 saturated carbocycles. The van der Waals surface area contributed by atoms with Crippen molar-refractivity contribution in [3.63, 3.8) is 0 Å². The molecule has 1 atom stereocenters. The summed E-state index contributed by atoms with van der Waals surface area (Å²) in [5.41, 5.74) is 0. The van der Waals surface area contributed by atoms with Crippen LogP contribution in [0.4, 0.5) is 4.79 Å². The molecule has 1 unspecified atom stereocenters. The zero-order valence-corrected chi connectivity index (χ0v) is 10.6. The highest BCUT2D eigenvalue weighted by molar-refractivity contribution is 5.74. The van der Waals surface area contributed by atoms with Crippen molar-refractivity contribution in [2.24, 2.45) is 5.92 Å². The molecule has 0 aromatic rings. The number of amides is 2. The number of carbonyl (C=O) groups is 1. The number of urea groups is 1. The Hall–Kier alpha value is -0.810. The van der Waals surface area contributed by atoms with Crippen LogP contribution in [0, 0.1) is 5.92 Å². The number of rotatable bonds is 2. The second-order valence-electron chi connectivity index (χ2n) is 5.08. The molecule has 0 aliphatic carbocycles. The molecule has 2 fully saturated rings. The van der Waals surface area contributed by atoms with Crippen LogP contribution in [-0.4, -0.2) is 56.4 Å². The number of hydrogen-bond donors (Lipinski definition) is 2. The van der Waals surface area contributed by atoms with Crippen molar-refractivity contribution in [1.29, 1.82) is 0 Å². The second kappa shape index (κ2) is 6.21. The first kappa shape index (κ1) is 12.6. The molecule has 2 rings (SSSR count). The molecular weight excluding hydrogens is 218 g/mol. The number of nitrogens with zero attached hydrogens (tertiary/aromatic N) is 1. The van der Waals surface area contributed by atoms with E-state index in [9.17, 15) is 4.79 Å². The van der Waals surface area contributed by atoms with Gasteiger partial charge in [-0.3, -0.25) is 0 Å². The van der Waals surface area contributed by atoms with E-state index < -0.39 is 0 Å². The van der Waals surface area contributed by atoms with Crippen LogP contribution in [0.15, 0.2) is 0 Å². The Bertz CT molecular complexity index is 246. The second-order valence-corrected chi connectivity index (χ2v) is 5.08. The Morgan fingerprint density at radius 2 is 2.24 bits per heavy atom. The minimum absolute atomic E-state index is 0.0734. The predicted octanol–water partition coefficient (Wildman–Crippen LogP) is 0.416. The average Bonchev–Trinajstić information content (AvgIpc) is 2.38. The first-order chi connectivity index (χ1) is 8.25. The van der Waals surface area contributed by atoms with Gasteiger partial charge in [-0.05, 0) is 18.8 Å². The van der Waals surface area contributed by atoms with Gasteiger partial charge in [-0.25, -0.2) is 4.79 Å². The van der Waals surface area contributed by atoms with Crippen molar-refractivity contribution < 1.29 is 9.53 Å². The monoisotopic (exact) mass is 241 g/mol. The molecule has 2 saturated heterocycles. The van der Waals surface area contributed by atoms with Gasteiger partial charge in [-0.15, -0.1) is 0 Å². The molecule has 17 heavy (non-hydrogen) atoms. The summed E-state index contributed by atoms with van der Waals surface area (Å²) in [6.45, 7) is 7.03. The lowest BCUT2D eigenvalue weighted by atomic mass is 10.00. The van der Waals surface area contributed by atoms with E-state index in [1.165, 1.54) is 0 Å². The van der Waals surface area contributed by atoms with E-state index in [2.05, 4.69) is 17.6 Å². The van der Waals surface area contributed by atoms with Crippen LogP contribution in [0.3, 0.4) is 0 Å². The van der Waals surface area contributed by atoms with Gasteiger partial charge < -0.3 is 20.3 Å². The Labute approximate surface area is 103 Å². The van der Waals surface area contributed by atoms with Crippen molar-refractivity contribution >= 4 is 6.03 Å². The highest BCUT2D eigenvalue weighted by atomic mass is 16.5. The van der Waals surface area contributed by atoms with Crippen LogP contribution in [0.25, 0.3) is 0 Å². The Morgan fingerprint density at radius 3 is 2.88 bits per heavy atom. The summed E-state index contributed by atoms with van der Waals surface area (Å²) in [5.74, 6) is 0.757. The third-order valence-electron chi connectivity index (χ3n) is 3.57. The maximum atomic E-state index is 11.9. The van der Waals surface area contributed by atoms with Gasteiger partial charge in [0.05, 0.1) is 13.2 Å². The molecule has 2 N–H and O–H groups in total. The van der Waals surface area contributed by atoms with Gasteiger partial charge in [0.25, 0.3) is 0 Å². The molecule has 2 aliphatic rings. The molecule has 5 nitrogen and oxygen atoms in total. The van der Waals surface area contributed by atoms with E-state index in [1.54, 1.807) is 0 Å². The first-order valence-corrected chi connectivity index (χ1v) is 6.59. The third kappa shape index (κ3) is 3.85. The summed E-state index contributed by atoms with van der Waals surface area (Å²) in [6, 6.07) is 0.334. The smallest absolute Gasteiger partial charge is 0.317 e. The SMILES string of the molecule is CC1CCN(C(=O)NCC2COCCN2)CC1. The normalized spacial score (nSPS) is 26.9. The summed E-state index contributed by atoms with van der Waals surface area (Å²) in [7, 11) is 0. The molecule has 5 heteroatoms.